The molecule has 1 aromatic carbocycles. The van der Waals surface area contributed by atoms with Crippen molar-refractivity contribution in [2.45, 2.75) is 46.6 Å². The van der Waals surface area contributed by atoms with E-state index >= 15 is 0 Å². The van der Waals surface area contributed by atoms with E-state index in [1.165, 1.54) is 0 Å². The number of nitrogens with zero attached hydrogens (tertiary/aromatic N) is 1. The number of primary amides is 1. The van der Waals surface area contributed by atoms with E-state index in [-0.39, 0.29) is 11.8 Å². The van der Waals surface area contributed by atoms with Gasteiger partial charge in [-0.3, -0.25) is 9.59 Å². The molecule has 0 spiro atoms. The SMILES string of the molecule is C=C(C)C1(CC(C)C)C(=O)N(C(Cc2ccccc2)C(N)=O)CC1C. The van der Waals surface area contributed by atoms with Gasteiger partial charge in [-0.05, 0) is 30.7 Å². The molecular weight excluding hydrogens is 312 g/mol. The third-order valence-corrected chi connectivity index (χ3v) is 5.42. The Bertz CT molecular complexity index is 653. The van der Waals surface area contributed by atoms with Crippen LogP contribution in [-0.4, -0.2) is 29.3 Å². The Labute approximate surface area is 151 Å². The third-order valence-electron chi connectivity index (χ3n) is 5.42. The summed E-state index contributed by atoms with van der Waals surface area (Å²) < 4.78 is 0. The molecule has 3 atom stereocenters. The minimum absolute atomic E-state index is 0.000862. The van der Waals surface area contributed by atoms with E-state index in [1.54, 1.807) is 4.90 Å². The van der Waals surface area contributed by atoms with Crippen molar-refractivity contribution in [1.82, 2.24) is 4.90 Å². The van der Waals surface area contributed by atoms with Crippen LogP contribution in [0.4, 0.5) is 0 Å². The summed E-state index contributed by atoms with van der Waals surface area (Å²) in [5.74, 6) is 0.0223. The lowest BCUT2D eigenvalue weighted by atomic mass is 9.68. The third kappa shape index (κ3) is 3.63. The highest BCUT2D eigenvalue weighted by atomic mass is 16.2. The normalized spacial score (nSPS) is 24.6. The van der Waals surface area contributed by atoms with Crippen molar-refractivity contribution in [3.8, 4) is 0 Å². The number of carbonyl (C=O) groups excluding carboxylic acids is 2. The van der Waals surface area contributed by atoms with Crippen molar-refractivity contribution in [2.24, 2.45) is 23.0 Å². The lowest BCUT2D eigenvalue weighted by molar-refractivity contribution is -0.141. The molecule has 2 N–H and O–H groups in total. The zero-order valence-corrected chi connectivity index (χ0v) is 15.8. The topological polar surface area (TPSA) is 63.4 Å². The second kappa shape index (κ2) is 7.42. The van der Waals surface area contributed by atoms with Gasteiger partial charge in [0, 0.05) is 13.0 Å². The Kier molecular flexibility index (Phi) is 5.71. The molecule has 1 aromatic rings. The summed E-state index contributed by atoms with van der Waals surface area (Å²) in [6.45, 7) is 12.9. The van der Waals surface area contributed by atoms with Gasteiger partial charge in [-0.25, -0.2) is 0 Å². The van der Waals surface area contributed by atoms with E-state index in [2.05, 4.69) is 27.4 Å². The maximum atomic E-state index is 13.4. The maximum absolute atomic E-state index is 13.4. The van der Waals surface area contributed by atoms with Crippen LogP contribution in [0, 0.1) is 17.3 Å². The first-order chi connectivity index (χ1) is 11.7. The summed E-state index contributed by atoms with van der Waals surface area (Å²) >= 11 is 0. The van der Waals surface area contributed by atoms with Gasteiger partial charge in [0.1, 0.15) is 6.04 Å². The highest BCUT2D eigenvalue weighted by molar-refractivity contribution is 5.93. The molecule has 1 heterocycles. The molecule has 1 saturated heterocycles. The average molecular weight is 342 g/mol. The fourth-order valence-electron chi connectivity index (χ4n) is 4.18. The molecule has 3 unspecified atom stereocenters. The van der Waals surface area contributed by atoms with E-state index in [0.29, 0.717) is 18.9 Å². The Morgan fingerprint density at radius 2 is 1.96 bits per heavy atom. The molecule has 0 saturated carbocycles. The summed E-state index contributed by atoms with van der Waals surface area (Å²) in [5, 5.41) is 0. The van der Waals surface area contributed by atoms with Gasteiger partial charge in [-0.2, -0.15) is 0 Å². The standard InChI is InChI=1S/C21H30N2O2/c1-14(2)12-21(15(3)4)16(5)13-23(20(21)25)18(19(22)24)11-17-9-7-6-8-10-17/h6-10,14,16,18H,3,11-13H2,1-2,4-5H3,(H2,22,24). The van der Waals surface area contributed by atoms with Crippen LogP contribution in [0.2, 0.25) is 0 Å². The Hall–Kier alpha value is -2.10. The Morgan fingerprint density at radius 3 is 2.44 bits per heavy atom. The molecule has 0 bridgehead atoms. The molecule has 0 aliphatic carbocycles. The van der Waals surface area contributed by atoms with Gasteiger partial charge in [0.05, 0.1) is 5.41 Å². The van der Waals surface area contributed by atoms with E-state index < -0.39 is 17.4 Å². The number of likely N-dealkylation sites (tertiary alicyclic amines) is 1. The molecular formula is C21H30N2O2. The minimum atomic E-state index is -0.620. The fourth-order valence-corrected chi connectivity index (χ4v) is 4.18. The molecule has 1 fully saturated rings. The molecule has 2 amide bonds. The highest BCUT2D eigenvalue weighted by Gasteiger charge is 2.54. The van der Waals surface area contributed by atoms with Gasteiger partial charge in [0.2, 0.25) is 11.8 Å². The molecule has 25 heavy (non-hydrogen) atoms. The average Bonchev–Trinajstić information content (AvgIpc) is 2.78. The minimum Gasteiger partial charge on any atom is -0.368 e. The first-order valence-corrected chi connectivity index (χ1v) is 9.00. The summed E-state index contributed by atoms with van der Waals surface area (Å²) in [7, 11) is 0. The number of amides is 2. The zero-order chi connectivity index (χ0) is 18.8. The zero-order valence-electron chi connectivity index (χ0n) is 15.8. The molecule has 136 valence electrons. The number of carbonyl (C=O) groups is 2. The van der Waals surface area contributed by atoms with Crippen LogP contribution in [0.1, 0.15) is 39.7 Å². The summed E-state index contributed by atoms with van der Waals surface area (Å²) in [6, 6.07) is 9.09. The fraction of sp³-hybridized carbons (Fsp3) is 0.524. The van der Waals surface area contributed by atoms with Crippen molar-refractivity contribution in [3.63, 3.8) is 0 Å². The quantitative estimate of drug-likeness (QED) is 0.774. The largest absolute Gasteiger partial charge is 0.368 e. The van der Waals surface area contributed by atoms with Gasteiger partial charge >= 0.3 is 0 Å². The van der Waals surface area contributed by atoms with Gasteiger partial charge in [-0.15, -0.1) is 0 Å². The van der Waals surface area contributed by atoms with Gasteiger partial charge in [0.15, 0.2) is 0 Å². The molecule has 4 nitrogen and oxygen atoms in total. The lowest BCUT2D eigenvalue weighted by Gasteiger charge is -2.34. The van der Waals surface area contributed by atoms with E-state index in [9.17, 15) is 9.59 Å². The van der Waals surface area contributed by atoms with Crippen molar-refractivity contribution in [3.05, 3.63) is 48.0 Å². The Morgan fingerprint density at radius 1 is 1.36 bits per heavy atom. The lowest BCUT2D eigenvalue weighted by Crippen LogP contribution is -2.49. The van der Waals surface area contributed by atoms with Crippen LogP contribution in [0.3, 0.4) is 0 Å². The predicted molar refractivity (Wildman–Crippen MR) is 101 cm³/mol. The summed E-state index contributed by atoms with van der Waals surface area (Å²) in [6.07, 6.45) is 1.19. The molecule has 4 heteroatoms. The van der Waals surface area contributed by atoms with Gasteiger partial charge < -0.3 is 10.6 Å². The first-order valence-electron chi connectivity index (χ1n) is 9.00. The van der Waals surface area contributed by atoms with Crippen LogP contribution in [0.15, 0.2) is 42.5 Å². The molecule has 1 aliphatic heterocycles. The van der Waals surface area contributed by atoms with Crippen LogP contribution >= 0.6 is 0 Å². The van der Waals surface area contributed by atoms with E-state index in [1.807, 2.05) is 37.3 Å². The molecule has 1 aliphatic rings. The van der Waals surface area contributed by atoms with Crippen LogP contribution in [0.25, 0.3) is 0 Å². The van der Waals surface area contributed by atoms with Crippen molar-refractivity contribution >= 4 is 11.8 Å². The Balaban J connectivity index is 2.35. The van der Waals surface area contributed by atoms with Crippen LogP contribution in [-0.2, 0) is 16.0 Å². The maximum Gasteiger partial charge on any atom is 0.240 e. The molecule has 0 radical (unpaired) electrons. The summed E-state index contributed by atoms with van der Waals surface area (Å²) in [4.78, 5) is 27.3. The van der Waals surface area contributed by atoms with Crippen molar-refractivity contribution in [1.29, 1.82) is 0 Å². The number of hydrogen-bond acceptors (Lipinski definition) is 2. The molecule has 0 aromatic heterocycles. The monoisotopic (exact) mass is 342 g/mol. The van der Waals surface area contributed by atoms with Gasteiger partial charge in [0.25, 0.3) is 0 Å². The summed E-state index contributed by atoms with van der Waals surface area (Å²) in [5.41, 5.74) is 6.97. The number of rotatable bonds is 7. The number of nitrogens with two attached hydrogens (primary N) is 1. The smallest absolute Gasteiger partial charge is 0.240 e. The predicted octanol–water partition coefficient (Wildman–Crippen LogP) is 3.17. The highest BCUT2D eigenvalue weighted by Crippen LogP contribution is 2.48. The molecule has 2 rings (SSSR count). The van der Waals surface area contributed by atoms with E-state index in [4.69, 9.17) is 5.73 Å². The van der Waals surface area contributed by atoms with Crippen molar-refractivity contribution in [2.75, 3.05) is 6.54 Å². The van der Waals surface area contributed by atoms with E-state index in [0.717, 1.165) is 17.6 Å². The van der Waals surface area contributed by atoms with Crippen LogP contribution in [0.5, 0.6) is 0 Å². The number of hydrogen-bond donors (Lipinski definition) is 1. The second-order valence-electron chi connectivity index (χ2n) is 7.82. The van der Waals surface area contributed by atoms with Crippen molar-refractivity contribution < 1.29 is 9.59 Å². The second-order valence-corrected chi connectivity index (χ2v) is 7.82. The first kappa shape index (κ1) is 19.2. The van der Waals surface area contributed by atoms with Crippen LogP contribution < -0.4 is 5.73 Å². The number of benzene rings is 1. The van der Waals surface area contributed by atoms with Gasteiger partial charge in [-0.1, -0.05) is 63.3 Å².